The molecule has 0 amide bonds. The normalized spacial score (nSPS) is 11.4. The van der Waals surface area contributed by atoms with E-state index in [4.69, 9.17) is 58.0 Å². The number of isothiocyanates is 1. The highest BCUT2D eigenvalue weighted by molar-refractivity contribution is 7.78. The van der Waals surface area contributed by atoms with Gasteiger partial charge in [0.05, 0.1) is 15.2 Å². The monoisotopic (exact) mass is 385 g/mol. The highest BCUT2D eigenvalue weighted by atomic mass is 35.5. The fourth-order valence-electron chi connectivity index (χ4n) is 0.977. The first-order chi connectivity index (χ1) is 8.70. The van der Waals surface area contributed by atoms with Gasteiger partial charge >= 0.3 is 6.11 Å². The zero-order valence-electron chi connectivity index (χ0n) is 8.56. The third-order valence-corrected chi connectivity index (χ3v) is 3.49. The Kier molecular flexibility index (Phi) is 6.08. The minimum absolute atomic E-state index is 0.00713. The first kappa shape index (κ1) is 17.2. The summed E-state index contributed by atoms with van der Waals surface area (Å²) < 4.78 is 30.8. The molecule has 1 aromatic carbocycles. The van der Waals surface area contributed by atoms with Crippen molar-refractivity contribution in [3.05, 3.63) is 21.1 Å². The van der Waals surface area contributed by atoms with E-state index in [1.54, 1.807) is 0 Å². The van der Waals surface area contributed by atoms with Crippen molar-refractivity contribution in [2.45, 2.75) is 10.9 Å². The van der Waals surface area contributed by atoms with Gasteiger partial charge in [-0.3, -0.25) is 0 Å². The van der Waals surface area contributed by atoms with Crippen LogP contribution in [0, 0.1) is 0 Å². The Bertz CT molecular complexity index is 548. The summed E-state index contributed by atoms with van der Waals surface area (Å²) in [4.78, 5) is 1.46. The van der Waals surface area contributed by atoms with Crippen LogP contribution in [0.4, 0.5) is 14.5 Å². The van der Waals surface area contributed by atoms with Gasteiger partial charge in [0, 0.05) is 6.07 Å². The van der Waals surface area contributed by atoms with Gasteiger partial charge in [0.15, 0.2) is 0 Å². The number of hydrogen-bond donors (Lipinski definition) is 0. The van der Waals surface area contributed by atoms with Crippen LogP contribution >= 0.6 is 70.2 Å². The van der Waals surface area contributed by atoms with E-state index in [2.05, 4.69) is 21.9 Å². The molecule has 1 aromatic rings. The van der Waals surface area contributed by atoms with E-state index in [0.29, 0.717) is 0 Å². The first-order valence-corrected chi connectivity index (χ1v) is 6.72. The van der Waals surface area contributed by atoms with Crippen LogP contribution in [0.2, 0.25) is 15.1 Å². The van der Waals surface area contributed by atoms with E-state index in [1.165, 1.54) is 0 Å². The molecule has 19 heavy (non-hydrogen) atoms. The van der Waals surface area contributed by atoms with E-state index >= 15 is 0 Å². The summed E-state index contributed by atoms with van der Waals surface area (Å²) in [5.74, 6) is -0.490. The van der Waals surface area contributed by atoms with Crippen molar-refractivity contribution in [3.8, 4) is 5.75 Å². The van der Waals surface area contributed by atoms with E-state index in [0.717, 1.165) is 6.07 Å². The lowest BCUT2D eigenvalue weighted by Crippen LogP contribution is -2.32. The highest BCUT2D eigenvalue weighted by Crippen LogP contribution is 2.45. The molecule has 0 atom stereocenters. The Morgan fingerprint density at radius 2 is 1.84 bits per heavy atom. The molecule has 0 saturated heterocycles. The summed E-state index contributed by atoms with van der Waals surface area (Å²) in [6.07, 6.45) is -3.87. The van der Waals surface area contributed by atoms with Crippen LogP contribution in [0.3, 0.4) is 0 Å². The topological polar surface area (TPSA) is 21.6 Å². The summed E-state index contributed by atoms with van der Waals surface area (Å²) in [5, 5.41) is 1.39. The molecule has 0 saturated carbocycles. The molecule has 0 aromatic heterocycles. The third-order valence-electron chi connectivity index (χ3n) is 1.76. The number of ether oxygens (including phenoxy) is 1. The summed E-state index contributed by atoms with van der Waals surface area (Å²) in [6.45, 7) is 0. The Balaban J connectivity index is 3.29. The number of benzene rings is 1. The van der Waals surface area contributed by atoms with E-state index in [-0.39, 0.29) is 20.8 Å². The molecule has 0 fully saturated rings. The number of aliphatic imine (C=N–C) groups is 1. The zero-order valence-corrected chi connectivity index (χ0v) is 13.2. The number of hydrogen-bond acceptors (Lipinski definition) is 3. The first-order valence-electron chi connectivity index (χ1n) is 4.31. The summed E-state index contributed by atoms with van der Waals surface area (Å²) in [5.41, 5.74) is -0.00713. The standard InChI is InChI=1S/C9H2Cl5F2NOS/c10-3-1-4(18-9(15,16)8(13)14)5(11)6(12)7(3)17-2-19/h1,8H. The molecule has 0 aliphatic rings. The highest BCUT2D eigenvalue weighted by Gasteiger charge is 2.41. The molecule has 0 radical (unpaired) electrons. The average molecular weight is 387 g/mol. The molecule has 0 aliphatic carbocycles. The van der Waals surface area contributed by atoms with Crippen molar-refractivity contribution in [3.63, 3.8) is 0 Å². The van der Waals surface area contributed by atoms with Gasteiger partial charge in [0.1, 0.15) is 16.5 Å². The molecule has 0 aliphatic heterocycles. The Morgan fingerprint density at radius 1 is 1.26 bits per heavy atom. The summed E-state index contributed by atoms with van der Waals surface area (Å²) >= 11 is 31.9. The quantitative estimate of drug-likeness (QED) is 0.267. The molecule has 2 nitrogen and oxygen atoms in total. The van der Waals surface area contributed by atoms with Gasteiger partial charge in [0.2, 0.25) is 4.84 Å². The van der Waals surface area contributed by atoms with Crippen LogP contribution in [0.5, 0.6) is 5.75 Å². The molecule has 0 unspecified atom stereocenters. The lowest BCUT2D eigenvalue weighted by molar-refractivity contribution is -0.163. The Hall–Kier alpha value is 0.130. The van der Waals surface area contributed by atoms with Crippen LogP contribution in [-0.4, -0.2) is 16.1 Å². The van der Waals surface area contributed by atoms with Gasteiger partial charge in [-0.15, -0.1) is 0 Å². The maximum Gasteiger partial charge on any atom is 0.428 e. The molecule has 104 valence electrons. The van der Waals surface area contributed by atoms with E-state index in [9.17, 15) is 8.78 Å². The molecular formula is C9H2Cl5F2NOS. The average Bonchev–Trinajstić information content (AvgIpc) is 2.31. The lowest BCUT2D eigenvalue weighted by Gasteiger charge is -2.20. The van der Waals surface area contributed by atoms with Crippen molar-refractivity contribution in [2.24, 2.45) is 4.99 Å². The molecular weight excluding hydrogens is 385 g/mol. The summed E-state index contributed by atoms with van der Waals surface area (Å²) in [7, 11) is 0. The predicted octanol–water partition coefficient (Wildman–Crippen LogP) is 6.16. The Labute approximate surface area is 137 Å². The molecule has 0 spiro atoms. The van der Waals surface area contributed by atoms with E-state index in [1.807, 2.05) is 5.16 Å². The second-order valence-electron chi connectivity index (χ2n) is 3.00. The fraction of sp³-hybridized carbons (Fsp3) is 0.222. The minimum atomic E-state index is -3.87. The van der Waals surface area contributed by atoms with Crippen LogP contribution in [0.1, 0.15) is 0 Å². The maximum absolute atomic E-state index is 13.2. The van der Waals surface area contributed by atoms with Crippen LogP contribution in [0.25, 0.3) is 0 Å². The maximum atomic E-state index is 13.2. The second-order valence-corrected chi connectivity index (χ2v) is 5.44. The Morgan fingerprint density at radius 3 is 2.32 bits per heavy atom. The van der Waals surface area contributed by atoms with Gasteiger partial charge in [0.25, 0.3) is 0 Å². The predicted molar refractivity (Wildman–Crippen MR) is 77.2 cm³/mol. The molecule has 0 N–H and O–H groups in total. The minimum Gasteiger partial charge on any atom is -0.429 e. The fourth-order valence-corrected chi connectivity index (χ4v) is 1.86. The van der Waals surface area contributed by atoms with Crippen molar-refractivity contribution in [2.75, 3.05) is 0 Å². The number of halogens is 7. The molecule has 0 heterocycles. The molecule has 0 bridgehead atoms. The number of rotatable bonds is 4. The van der Waals surface area contributed by atoms with Gasteiger partial charge < -0.3 is 4.74 Å². The van der Waals surface area contributed by atoms with E-state index < -0.39 is 16.7 Å². The van der Waals surface area contributed by atoms with Crippen molar-refractivity contribution in [1.29, 1.82) is 0 Å². The number of thiocarbonyl (C=S) groups is 1. The largest absolute Gasteiger partial charge is 0.429 e. The smallest absolute Gasteiger partial charge is 0.428 e. The lowest BCUT2D eigenvalue weighted by atomic mass is 10.3. The second kappa shape index (κ2) is 6.72. The SMILES string of the molecule is FC(F)(Oc1cc(Cl)c(N=C=S)c(Cl)c1Cl)C(Cl)Cl. The van der Waals surface area contributed by atoms with Crippen molar-refractivity contribution >= 4 is 81.1 Å². The van der Waals surface area contributed by atoms with Gasteiger partial charge in [-0.25, -0.2) is 0 Å². The van der Waals surface area contributed by atoms with Crippen LogP contribution in [-0.2, 0) is 0 Å². The summed E-state index contributed by atoms with van der Waals surface area (Å²) in [6, 6.07) is 0.991. The third kappa shape index (κ3) is 4.05. The van der Waals surface area contributed by atoms with Crippen LogP contribution < -0.4 is 4.74 Å². The van der Waals surface area contributed by atoms with Gasteiger partial charge in [-0.1, -0.05) is 58.0 Å². The zero-order chi connectivity index (χ0) is 14.8. The number of alkyl halides is 4. The van der Waals surface area contributed by atoms with Crippen LogP contribution in [0.15, 0.2) is 11.1 Å². The number of nitrogens with zero attached hydrogens (tertiary/aromatic N) is 1. The molecule has 1 rings (SSSR count). The van der Waals surface area contributed by atoms with Gasteiger partial charge in [-0.05, 0) is 12.2 Å². The van der Waals surface area contributed by atoms with Crippen molar-refractivity contribution < 1.29 is 13.5 Å². The van der Waals surface area contributed by atoms with Crippen molar-refractivity contribution in [1.82, 2.24) is 0 Å². The molecule has 10 heteroatoms. The van der Waals surface area contributed by atoms with Gasteiger partial charge in [-0.2, -0.15) is 13.8 Å².